The van der Waals surface area contributed by atoms with E-state index in [1.54, 1.807) is 6.20 Å². The topological polar surface area (TPSA) is 34.2 Å². The van der Waals surface area contributed by atoms with Gasteiger partial charge in [0.25, 0.3) is 0 Å². The molecule has 0 fully saturated rings. The maximum absolute atomic E-state index is 5.88. The molecular formula is C17H15BrN2O. The largest absolute Gasteiger partial charge is 0.489 e. The smallest absolute Gasteiger partial charge is 0.132 e. The Kier molecular flexibility index (Phi) is 4.06. The van der Waals surface area contributed by atoms with Crippen LogP contribution < -0.4 is 10.1 Å². The van der Waals surface area contributed by atoms with E-state index in [2.05, 4.69) is 50.5 Å². The number of fused-ring (bicyclic) bond motifs is 1. The average Bonchev–Trinajstić information content (AvgIpc) is 2.53. The van der Waals surface area contributed by atoms with Crippen molar-refractivity contribution in [1.29, 1.82) is 0 Å². The van der Waals surface area contributed by atoms with Crippen LogP contribution in [0.1, 0.15) is 5.56 Å². The van der Waals surface area contributed by atoms with Crippen molar-refractivity contribution in [3.8, 4) is 5.75 Å². The van der Waals surface area contributed by atoms with Gasteiger partial charge in [-0.2, -0.15) is 0 Å². The lowest BCUT2D eigenvalue weighted by Crippen LogP contribution is -2.02. The number of rotatable bonds is 4. The van der Waals surface area contributed by atoms with Crippen LogP contribution >= 0.6 is 15.9 Å². The van der Waals surface area contributed by atoms with Crippen molar-refractivity contribution in [3.63, 3.8) is 0 Å². The molecule has 1 N–H and O–H groups in total. The summed E-state index contributed by atoms with van der Waals surface area (Å²) in [6.07, 6.45) is 1.77. The summed E-state index contributed by atoms with van der Waals surface area (Å²) in [6.45, 7) is 0.492. The van der Waals surface area contributed by atoms with Crippen molar-refractivity contribution >= 4 is 32.5 Å². The number of aromatic nitrogens is 1. The number of halogens is 1. The molecule has 0 aliphatic carbocycles. The fourth-order valence-electron chi connectivity index (χ4n) is 2.23. The lowest BCUT2D eigenvalue weighted by atomic mass is 10.1. The van der Waals surface area contributed by atoms with E-state index in [4.69, 9.17) is 4.74 Å². The molecule has 0 bridgehead atoms. The van der Waals surface area contributed by atoms with Crippen LogP contribution in [0.2, 0.25) is 0 Å². The number of benzene rings is 2. The zero-order chi connectivity index (χ0) is 14.7. The van der Waals surface area contributed by atoms with Gasteiger partial charge < -0.3 is 10.1 Å². The molecule has 0 aliphatic heterocycles. The summed E-state index contributed by atoms with van der Waals surface area (Å²) < 4.78 is 6.96. The van der Waals surface area contributed by atoms with Crippen LogP contribution in [0, 0.1) is 0 Å². The maximum Gasteiger partial charge on any atom is 0.132 e. The molecule has 3 nitrogen and oxygen atoms in total. The number of nitrogens with one attached hydrogen (secondary N) is 1. The maximum atomic E-state index is 5.88. The second kappa shape index (κ2) is 6.14. The van der Waals surface area contributed by atoms with E-state index in [0.717, 1.165) is 27.0 Å². The molecule has 0 saturated heterocycles. The molecule has 0 aliphatic rings. The van der Waals surface area contributed by atoms with E-state index in [1.165, 1.54) is 5.39 Å². The van der Waals surface area contributed by atoms with Gasteiger partial charge >= 0.3 is 0 Å². The summed E-state index contributed by atoms with van der Waals surface area (Å²) >= 11 is 3.48. The highest BCUT2D eigenvalue weighted by atomic mass is 79.9. The van der Waals surface area contributed by atoms with Crippen molar-refractivity contribution < 1.29 is 4.74 Å². The number of ether oxygens (including phenoxy) is 1. The van der Waals surface area contributed by atoms with Crippen molar-refractivity contribution in [2.75, 3.05) is 12.4 Å². The van der Waals surface area contributed by atoms with E-state index in [0.29, 0.717) is 6.61 Å². The Morgan fingerprint density at radius 3 is 2.76 bits per heavy atom. The Labute approximate surface area is 132 Å². The molecule has 3 rings (SSSR count). The fraction of sp³-hybridized carbons (Fsp3) is 0.118. The van der Waals surface area contributed by atoms with Crippen molar-refractivity contribution in [2.24, 2.45) is 0 Å². The second-order valence-electron chi connectivity index (χ2n) is 4.70. The molecule has 106 valence electrons. The van der Waals surface area contributed by atoms with E-state index in [1.807, 2.05) is 31.3 Å². The highest BCUT2D eigenvalue weighted by Gasteiger charge is 2.03. The summed E-state index contributed by atoms with van der Waals surface area (Å²) in [7, 11) is 1.86. The zero-order valence-corrected chi connectivity index (χ0v) is 13.2. The predicted octanol–water partition coefficient (Wildman–Crippen LogP) is 4.62. The molecule has 0 amide bonds. The molecule has 3 aromatic rings. The SMILES string of the molecule is CNc1ncccc1COc1ccc2cc(Br)ccc2c1. The second-order valence-corrected chi connectivity index (χ2v) is 5.62. The van der Waals surface area contributed by atoms with Crippen LogP contribution in [0.5, 0.6) is 5.75 Å². The third-order valence-electron chi connectivity index (χ3n) is 3.30. The van der Waals surface area contributed by atoms with Gasteiger partial charge in [-0.15, -0.1) is 0 Å². The Bertz CT molecular complexity index is 774. The zero-order valence-electron chi connectivity index (χ0n) is 11.6. The van der Waals surface area contributed by atoms with E-state index in [-0.39, 0.29) is 0 Å². The molecule has 21 heavy (non-hydrogen) atoms. The van der Waals surface area contributed by atoms with Gasteiger partial charge in [0.05, 0.1) is 0 Å². The van der Waals surface area contributed by atoms with Crippen LogP contribution in [0.3, 0.4) is 0 Å². The van der Waals surface area contributed by atoms with Gasteiger partial charge in [-0.1, -0.05) is 34.1 Å². The molecule has 2 aromatic carbocycles. The molecule has 0 saturated carbocycles. The van der Waals surface area contributed by atoms with E-state index >= 15 is 0 Å². The van der Waals surface area contributed by atoms with Gasteiger partial charge in [0.2, 0.25) is 0 Å². The molecule has 4 heteroatoms. The first-order chi connectivity index (χ1) is 10.3. The van der Waals surface area contributed by atoms with Gasteiger partial charge in [0, 0.05) is 23.3 Å². The summed E-state index contributed by atoms with van der Waals surface area (Å²) in [5.41, 5.74) is 1.04. The summed E-state index contributed by atoms with van der Waals surface area (Å²) in [4.78, 5) is 4.27. The monoisotopic (exact) mass is 342 g/mol. The fourth-order valence-corrected chi connectivity index (χ4v) is 2.60. The first-order valence-corrected chi connectivity index (χ1v) is 7.49. The van der Waals surface area contributed by atoms with Gasteiger partial charge in [-0.05, 0) is 41.1 Å². The summed E-state index contributed by atoms with van der Waals surface area (Å²) in [5, 5.41) is 5.42. The number of hydrogen-bond donors (Lipinski definition) is 1. The van der Waals surface area contributed by atoms with Crippen LogP contribution in [0.4, 0.5) is 5.82 Å². The Hall–Kier alpha value is -2.07. The number of hydrogen-bond acceptors (Lipinski definition) is 3. The number of anilines is 1. The molecule has 1 heterocycles. The van der Waals surface area contributed by atoms with Crippen LogP contribution in [-0.4, -0.2) is 12.0 Å². The molecular weight excluding hydrogens is 328 g/mol. The van der Waals surface area contributed by atoms with Gasteiger partial charge in [-0.25, -0.2) is 4.98 Å². The minimum atomic E-state index is 0.492. The van der Waals surface area contributed by atoms with Crippen LogP contribution in [-0.2, 0) is 6.61 Å². The summed E-state index contributed by atoms with van der Waals surface area (Å²) in [5.74, 6) is 1.71. The van der Waals surface area contributed by atoms with Crippen LogP contribution in [0.15, 0.2) is 59.2 Å². The number of pyridine rings is 1. The first-order valence-electron chi connectivity index (χ1n) is 6.70. The lowest BCUT2D eigenvalue weighted by Gasteiger charge is -2.10. The van der Waals surface area contributed by atoms with Gasteiger partial charge in [0.15, 0.2) is 0 Å². The molecule has 0 atom stereocenters. The molecule has 1 aromatic heterocycles. The number of nitrogens with zero attached hydrogens (tertiary/aromatic N) is 1. The highest BCUT2D eigenvalue weighted by Crippen LogP contribution is 2.25. The van der Waals surface area contributed by atoms with Gasteiger partial charge in [-0.3, -0.25) is 0 Å². The van der Waals surface area contributed by atoms with Crippen molar-refractivity contribution in [3.05, 3.63) is 64.8 Å². The Morgan fingerprint density at radius 2 is 1.90 bits per heavy atom. The third kappa shape index (κ3) is 3.16. The summed E-state index contributed by atoms with van der Waals surface area (Å²) in [6, 6.07) is 16.2. The van der Waals surface area contributed by atoms with Crippen molar-refractivity contribution in [2.45, 2.75) is 6.61 Å². The highest BCUT2D eigenvalue weighted by molar-refractivity contribution is 9.10. The lowest BCUT2D eigenvalue weighted by molar-refractivity contribution is 0.307. The van der Waals surface area contributed by atoms with Crippen molar-refractivity contribution in [1.82, 2.24) is 4.98 Å². The normalized spacial score (nSPS) is 10.6. The average molecular weight is 343 g/mol. The van der Waals surface area contributed by atoms with E-state index < -0.39 is 0 Å². The van der Waals surface area contributed by atoms with E-state index in [9.17, 15) is 0 Å². The predicted molar refractivity (Wildman–Crippen MR) is 89.8 cm³/mol. The molecule has 0 unspecified atom stereocenters. The Morgan fingerprint density at radius 1 is 1.10 bits per heavy atom. The van der Waals surface area contributed by atoms with Gasteiger partial charge in [0.1, 0.15) is 18.2 Å². The van der Waals surface area contributed by atoms with Crippen LogP contribution in [0.25, 0.3) is 10.8 Å². The molecule has 0 spiro atoms. The minimum Gasteiger partial charge on any atom is -0.489 e. The minimum absolute atomic E-state index is 0.492. The molecule has 0 radical (unpaired) electrons. The standard InChI is InChI=1S/C17H15BrN2O/c1-19-17-14(3-2-8-20-17)11-21-16-7-5-12-9-15(18)6-4-13(12)10-16/h2-10H,11H2,1H3,(H,19,20). The third-order valence-corrected chi connectivity index (χ3v) is 3.79. The Balaban J connectivity index is 1.80. The quantitative estimate of drug-likeness (QED) is 0.751. The first kappa shape index (κ1) is 13.9.